The first-order valence-corrected chi connectivity index (χ1v) is 8.75. The number of hydrogen-bond acceptors (Lipinski definition) is 4. The van der Waals surface area contributed by atoms with E-state index in [1.807, 2.05) is 31.0 Å². The number of amides is 1. The second-order valence-corrected chi connectivity index (χ2v) is 6.52. The number of ether oxygens (including phenoxy) is 1. The number of halogens is 1. The maximum absolute atomic E-state index is 12.4. The maximum atomic E-state index is 12.4. The molecule has 6 heteroatoms. The number of carbonyl (C=O) groups is 2. The number of ketones is 1. The number of hydrogen-bond donors (Lipinski definition) is 1. The van der Waals surface area contributed by atoms with Gasteiger partial charge in [-0.15, -0.1) is 0 Å². The van der Waals surface area contributed by atoms with Crippen LogP contribution < -0.4 is 10.1 Å². The molecule has 0 radical (unpaired) electrons. The summed E-state index contributed by atoms with van der Waals surface area (Å²) in [5, 5.41) is 3.52. The van der Waals surface area contributed by atoms with E-state index in [2.05, 4.69) is 5.32 Å². The number of rotatable bonds is 8. The van der Waals surface area contributed by atoms with Gasteiger partial charge in [-0.3, -0.25) is 14.5 Å². The van der Waals surface area contributed by atoms with Crippen molar-refractivity contribution < 1.29 is 14.3 Å². The Bertz CT molecular complexity index is 745. The van der Waals surface area contributed by atoms with Gasteiger partial charge in [0.25, 0.3) is 0 Å². The van der Waals surface area contributed by atoms with E-state index in [1.165, 1.54) is 6.92 Å². The number of nitrogens with zero attached hydrogens (tertiary/aromatic N) is 1. The molecular formula is C20H23ClN2O3. The standard InChI is InChI=1S/C20H23ClN2O3/c1-14(20(25)22-18-8-4-16(5-9-18)15(2)24)23(3)12-13-26-19-10-6-17(21)7-11-19/h4-11,14H,12-13H2,1-3H3,(H,22,25)/t14-/m0/s1. The molecule has 0 aliphatic carbocycles. The molecule has 26 heavy (non-hydrogen) atoms. The highest BCUT2D eigenvalue weighted by Gasteiger charge is 2.18. The smallest absolute Gasteiger partial charge is 0.241 e. The van der Waals surface area contributed by atoms with Crippen LogP contribution in [0, 0.1) is 0 Å². The average Bonchev–Trinajstić information content (AvgIpc) is 2.63. The molecule has 2 rings (SSSR count). The zero-order valence-corrected chi connectivity index (χ0v) is 15.9. The van der Waals surface area contributed by atoms with Gasteiger partial charge in [0, 0.05) is 22.8 Å². The van der Waals surface area contributed by atoms with Crippen molar-refractivity contribution in [3.05, 3.63) is 59.1 Å². The monoisotopic (exact) mass is 374 g/mol. The van der Waals surface area contributed by atoms with Crippen molar-refractivity contribution in [2.75, 3.05) is 25.5 Å². The molecule has 0 bridgehead atoms. The maximum Gasteiger partial charge on any atom is 0.241 e. The lowest BCUT2D eigenvalue weighted by molar-refractivity contribution is -0.120. The summed E-state index contributed by atoms with van der Waals surface area (Å²) in [5.74, 6) is 0.622. The summed E-state index contributed by atoms with van der Waals surface area (Å²) in [7, 11) is 1.87. The van der Waals surface area contributed by atoms with Crippen molar-refractivity contribution >= 4 is 29.0 Å². The predicted molar refractivity (Wildman–Crippen MR) is 104 cm³/mol. The Hall–Kier alpha value is -2.37. The zero-order chi connectivity index (χ0) is 19.1. The Labute approximate surface area is 158 Å². The lowest BCUT2D eigenvalue weighted by atomic mass is 10.1. The van der Waals surface area contributed by atoms with Crippen molar-refractivity contribution in [1.29, 1.82) is 0 Å². The van der Waals surface area contributed by atoms with Crippen LogP contribution in [-0.2, 0) is 4.79 Å². The van der Waals surface area contributed by atoms with Crippen LogP contribution in [0.4, 0.5) is 5.69 Å². The van der Waals surface area contributed by atoms with Crippen molar-refractivity contribution in [3.8, 4) is 5.75 Å². The number of benzene rings is 2. The molecule has 0 fully saturated rings. The van der Waals surface area contributed by atoms with Crippen LogP contribution >= 0.6 is 11.6 Å². The third-order valence-electron chi connectivity index (χ3n) is 4.13. The first-order valence-electron chi connectivity index (χ1n) is 8.37. The van der Waals surface area contributed by atoms with Gasteiger partial charge in [0.05, 0.1) is 6.04 Å². The average molecular weight is 375 g/mol. The van der Waals surface area contributed by atoms with E-state index in [9.17, 15) is 9.59 Å². The molecule has 0 aliphatic heterocycles. The summed E-state index contributed by atoms with van der Waals surface area (Å²) in [5.41, 5.74) is 1.28. The fourth-order valence-corrected chi connectivity index (χ4v) is 2.39. The van der Waals surface area contributed by atoms with Crippen molar-refractivity contribution in [2.45, 2.75) is 19.9 Å². The van der Waals surface area contributed by atoms with Gasteiger partial charge in [-0.1, -0.05) is 11.6 Å². The second kappa shape index (κ2) is 9.36. The van der Waals surface area contributed by atoms with Crippen LogP contribution in [0.1, 0.15) is 24.2 Å². The molecule has 2 aromatic carbocycles. The topological polar surface area (TPSA) is 58.6 Å². The van der Waals surface area contributed by atoms with Crippen LogP contribution in [0.15, 0.2) is 48.5 Å². The number of anilines is 1. The first-order chi connectivity index (χ1) is 12.4. The van der Waals surface area contributed by atoms with Gasteiger partial charge < -0.3 is 10.1 Å². The fraction of sp³-hybridized carbons (Fsp3) is 0.300. The van der Waals surface area contributed by atoms with Crippen LogP contribution in [-0.4, -0.2) is 42.8 Å². The minimum atomic E-state index is -0.323. The van der Waals surface area contributed by atoms with Gasteiger partial charge >= 0.3 is 0 Å². The summed E-state index contributed by atoms with van der Waals surface area (Å²) in [6.45, 7) is 4.40. The van der Waals surface area contributed by atoms with E-state index in [1.54, 1.807) is 36.4 Å². The minimum absolute atomic E-state index is 0.00309. The van der Waals surface area contributed by atoms with Crippen molar-refractivity contribution in [2.24, 2.45) is 0 Å². The summed E-state index contributed by atoms with van der Waals surface area (Å²) in [6.07, 6.45) is 0. The van der Waals surface area contributed by atoms with E-state index in [4.69, 9.17) is 16.3 Å². The van der Waals surface area contributed by atoms with E-state index in [0.29, 0.717) is 29.4 Å². The molecule has 0 aromatic heterocycles. The molecule has 1 amide bonds. The molecule has 1 atom stereocenters. The van der Waals surface area contributed by atoms with Gasteiger partial charge in [0.1, 0.15) is 12.4 Å². The Morgan fingerprint density at radius 2 is 1.73 bits per heavy atom. The van der Waals surface area contributed by atoms with E-state index >= 15 is 0 Å². The van der Waals surface area contributed by atoms with Gasteiger partial charge in [-0.2, -0.15) is 0 Å². The van der Waals surface area contributed by atoms with Gasteiger partial charge in [0.15, 0.2) is 5.78 Å². The Balaban J connectivity index is 1.80. The predicted octanol–water partition coefficient (Wildman–Crippen LogP) is 3.88. The highest BCUT2D eigenvalue weighted by atomic mass is 35.5. The molecule has 5 nitrogen and oxygen atoms in total. The second-order valence-electron chi connectivity index (χ2n) is 6.08. The van der Waals surface area contributed by atoms with Gasteiger partial charge in [-0.05, 0) is 69.4 Å². The molecule has 2 aromatic rings. The van der Waals surface area contributed by atoms with E-state index < -0.39 is 0 Å². The SMILES string of the molecule is CC(=O)c1ccc(NC(=O)[C@H](C)N(C)CCOc2ccc(Cl)cc2)cc1. The molecule has 0 saturated carbocycles. The summed E-state index contributed by atoms with van der Waals surface area (Å²) in [4.78, 5) is 25.6. The number of carbonyl (C=O) groups excluding carboxylic acids is 2. The minimum Gasteiger partial charge on any atom is -0.492 e. The Kier molecular flexibility index (Phi) is 7.18. The molecule has 0 heterocycles. The molecular weight excluding hydrogens is 352 g/mol. The van der Waals surface area contributed by atoms with Gasteiger partial charge in [0.2, 0.25) is 5.91 Å². The first kappa shape index (κ1) is 19.9. The lowest BCUT2D eigenvalue weighted by Crippen LogP contribution is -2.41. The fourth-order valence-electron chi connectivity index (χ4n) is 2.27. The van der Waals surface area contributed by atoms with Gasteiger partial charge in [-0.25, -0.2) is 0 Å². The van der Waals surface area contributed by atoms with Crippen LogP contribution in [0.25, 0.3) is 0 Å². The van der Waals surface area contributed by atoms with E-state index in [-0.39, 0.29) is 17.7 Å². The lowest BCUT2D eigenvalue weighted by Gasteiger charge is -2.23. The molecule has 0 spiro atoms. The molecule has 1 N–H and O–H groups in total. The van der Waals surface area contributed by atoms with Crippen LogP contribution in [0.5, 0.6) is 5.75 Å². The number of Topliss-reactive ketones (excluding diaryl/α,β-unsaturated/α-hetero) is 1. The zero-order valence-electron chi connectivity index (χ0n) is 15.2. The summed E-state index contributed by atoms with van der Waals surface area (Å²) in [6, 6.07) is 13.7. The highest BCUT2D eigenvalue weighted by molar-refractivity contribution is 6.30. The Morgan fingerprint density at radius 3 is 2.31 bits per heavy atom. The molecule has 0 aliphatic rings. The molecule has 0 unspecified atom stereocenters. The van der Waals surface area contributed by atoms with Crippen molar-refractivity contribution in [3.63, 3.8) is 0 Å². The van der Waals surface area contributed by atoms with E-state index in [0.717, 1.165) is 5.75 Å². The van der Waals surface area contributed by atoms with Crippen molar-refractivity contribution in [1.82, 2.24) is 4.90 Å². The largest absolute Gasteiger partial charge is 0.492 e. The number of likely N-dealkylation sites (N-methyl/N-ethyl adjacent to an activating group) is 1. The Morgan fingerprint density at radius 1 is 1.12 bits per heavy atom. The summed E-state index contributed by atoms with van der Waals surface area (Å²) >= 11 is 5.84. The number of nitrogens with one attached hydrogen (secondary N) is 1. The third-order valence-corrected chi connectivity index (χ3v) is 4.38. The highest BCUT2D eigenvalue weighted by Crippen LogP contribution is 2.15. The molecule has 0 saturated heterocycles. The molecule has 138 valence electrons. The third kappa shape index (κ3) is 5.86. The normalized spacial score (nSPS) is 11.9. The van der Waals surface area contributed by atoms with Crippen LogP contribution in [0.3, 0.4) is 0 Å². The van der Waals surface area contributed by atoms with Crippen LogP contribution in [0.2, 0.25) is 5.02 Å². The summed E-state index contributed by atoms with van der Waals surface area (Å²) < 4.78 is 5.65. The quantitative estimate of drug-likeness (QED) is 0.712.